The van der Waals surface area contributed by atoms with Gasteiger partial charge in [0, 0.05) is 25.2 Å². The third-order valence-electron chi connectivity index (χ3n) is 9.69. The molecule has 214 valence electrons. The second-order valence-corrected chi connectivity index (χ2v) is 11.9. The van der Waals surface area contributed by atoms with Crippen LogP contribution in [-0.2, 0) is 11.0 Å². The van der Waals surface area contributed by atoms with E-state index in [2.05, 4.69) is 113 Å². The Kier molecular flexibility index (Phi) is 8.42. The van der Waals surface area contributed by atoms with Gasteiger partial charge in [0.05, 0.1) is 24.1 Å². The molecule has 0 amide bonds. The summed E-state index contributed by atoms with van der Waals surface area (Å²) in [5, 5.41) is 14.3. The van der Waals surface area contributed by atoms with Crippen LogP contribution in [0.2, 0.25) is 0 Å². The predicted molar refractivity (Wildman–Crippen MR) is 169 cm³/mol. The average Bonchev–Trinajstić information content (AvgIpc) is 3.08. The van der Waals surface area contributed by atoms with Crippen LogP contribution >= 0.6 is 0 Å². The van der Waals surface area contributed by atoms with Crippen LogP contribution in [0.1, 0.15) is 60.8 Å². The standard InChI is InChI=1S/C38H41N3O/c1-42-36-19-11-18-33(28-36)37(29-39)24-20-34(21-25-37)40-35-22-26-41(27-23-35)38(30-12-5-2-6-13-30,31-14-7-3-8-15-31)32-16-9-4-10-17-32/h2-19,28,34-35,40H,20-27H2,1H3/t34-,37-. The highest BCUT2D eigenvalue weighted by molar-refractivity contribution is 5.49. The fourth-order valence-electron chi connectivity index (χ4n) is 7.46. The molecule has 42 heavy (non-hydrogen) atoms. The second-order valence-electron chi connectivity index (χ2n) is 11.9. The highest BCUT2D eigenvalue weighted by atomic mass is 16.5. The summed E-state index contributed by atoms with van der Waals surface area (Å²) in [5.41, 5.74) is 4.26. The average molecular weight is 556 g/mol. The summed E-state index contributed by atoms with van der Waals surface area (Å²) in [5.74, 6) is 0.826. The number of likely N-dealkylation sites (tertiary alicyclic amines) is 1. The zero-order chi connectivity index (χ0) is 28.8. The normalized spacial score (nSPS) is 21.9. The van der Waals surface area contributed by atoms with Crippen molar-refractivity contribution in [1.82, 2.24) is 10.2 Å². The fourth-order valence-corrected chi connectivity index (χ4v) is 7.46. The molecular weight excluding hydrogens is 514 g/mol. The number of piperidine rings is 1. The van der Waals surface area contributed by atoms with E-state index in [9.17, 15) is 5.26 Å². The van der Waals surface area contributed by atoms with Crippen molar-refractivity contribution in [2.45, 2.75) is 61.6 Å². The third-order valence-corrected chi connectivity index (χ3v) is 9.69. The molecule has 0 radical (unpaired) electrons. The third kappa shape index (κ3) is 5.36. The summed E-state index contributed by atoms with van der Waals surface area (Å²) in [4.78, 5) is 2.70. The lowest BCUT2D eigenvalue weighted by Gasteiger charge is -2.49. The highest BCUT2D eigenvalue weighted by Crippen LogP contribution is 2.44. The van der Waals surface area contributed by atoms with Crippen molar-refractivity contribution in [2.75, 3.05) is 20.2 Å². The summed E-state index contributed by atoms with van der Waals surface area (Å²) in [6.07, 6.45) is 6.01. The topological polar surface area (TPSA) is 48.3 Å². The van der Waals surface area contributed by atoms with Gasteiger partial charge in [0.15, 0.2) is 0 Å². The van der Waals surface area contributed by atoms with Gasteiger partial charge in [-0.3, -0.25) is 4.90 Å². The first-order chi connectivity index (χ1) is 20.7. The van der Waals surface area contributed by atoms with Crippen molar-refractivity contribution in [2.24, 2.45) is 0 Å². The smallest absolute Gasteiger partial charge is 0.119 e. The molecule has 1 N–H and O–H groups in total. The summed E-state index contributed by atoms with van der Waals surface area (Å²) in [7, 11) is 1.69. The molecule has 0 spiro atoms. The maximum absolute atomic E-state index is 10.2. The molecule has 1 saturated carbocycles. The van der Waals surface area contributed by atoms with Gasteiger partial charge in [0.25, 0.3) is 0 Å². The molecular formula is C38H41N3O. The van der Waals surface area contributed by atoms with E-state index in [0.29, 0.717) is 12.1 Å². The molecule has 4 heteroatoms. The molecule has 0 atom stereocenters. The van der Waals surface area contributed by atoms with Crippen LogP contribution in [0.3, 0.4) is 0 Å². The Bertz CT molecular complexity index is 1370. The number of nitrogens with one attached hydrogen (secondary N) is 1. The van der Waals surface area contributed by atoms with Gasteiger partial charge in [-0.05, 0) is 72.9 Å². The Morgan fingerprint density at radius 2 is 1.21 bits per heavy atom. The van der Waals surface area contributed by atoms with Gasteiger partial charge in [-0.15, -0.1) is 0 Å². The van der Waals surface area contributed by atoms with E-state index in [-0.39, 0.29) is 5.54 Å². The molecule has 2 aliphatic rings. The molecule has 1 aliphatic heterocycles. The summed E-state index contributed by atoms with van der Waals surface area (Å²) in [6, 6.07) is 44.8. The van der Waals surface area contributed by atoms with Crippen molar-refractivity contribution in [1.29, 1.82) is 5.26 Å². The Morgan fingerprint density at radius 1 is 0.714 bits per heavy atom. The molecule has 0 bridgehead atoms. The maximum Gasteiger partial charge on any atom is 0.119 e. The lowest BCUT2D eigenvalue weighted by molar-refractivity contribution is 0.105. The fraction of sp³-hybridized carbons (Fsp3) is 0.342. The molecule has 2 fully saturated rings. The van der Waals surface area contributed by atoms with E-state index in [1.165, 1.54) is 16.7 Å². The number of nitriles is 1. The van der Waals surface area contributed by atoms with Crippen LogP contribution in [0, 0.1) is 11.3 Å². The number of benzene rings is 4. The van der Waals surface area contributed by atoms with E-state index in [1.807, 2.05) is 18.2 Å². The van der Waals surface area contributed by atoms with Gasteiger partial charge in [-0.1, -0.05) is 103 Å². The minimum absolute atomic E-state index is 0.345. The number of hydrogen-bond donors (Lipinski definition) is 1. The highest BCUT2D eigenvalue weighted by Gasteiger charge is 2.44. The van der Waals surface area contributed by atoms with Gasteiger partial charge in [0.1, 0.15) is 5.75 Å². The van der Waals surface area contributed by atoms with Crippen molar-refractivity contribution >= 4 is 0 Å². The van der Waals surface area contributed by atoms with E-state index in [0.717, 1.165) is 62.9 Å². The minimum atomic E-state index is -0.420. The van der Waals surface area contributed by atoms with Crippen LogP contribution in [0.25, 0.3) is 0 Å². The molecule has 0 aromatic heterocycles. The Labute approximate surface area is 251 Å². The first-order valence-electron chi connectivity index (χ1n) is 15.4. The number of nitrogens with zero attached hydrogens (tertiary/aromatic N) is 2. The van der Waals surface area contributed by atoms with E-state index < -0.39 is 5.41 Å². The maximum atomic E-state index is 10.2. The lowest BCUT2D eigenvalue weighted by Crippen LogP contribution is -2.55. The molecule has 1 heterocycles. The first-order valence-corrected chi connectivity index (χ1v) is 15.4. The minimum Gasteiger partial charge on any atom is -0.497 e. The zero-order valence-electron chi connectivity index (χ0n) is 24.6. The predicted octanol–water partition coefficient (Wildman–Crippen LogP) is 7.45. The number of ether oxygens (including phenoxy) is 1. The monoisotopic (exact) mass is 555 g/mol. The Hall–Kier alpha value is -3.91. The summed E-state index contributed by atoms with van der Waals surface area (Å²) < 4.78 is 5.45. The van der Waals surface area contributed by atoms with Gasteiger partial charge >= 0.3 is 0 Å². The van der Waals surface area contributed by atoms with Crippen LogP contribution in [-0.4, -0.2) is 37.2 Å². The quantitative estimate of drug-likeness (QED) is 0.230. The molecule has 4 aromatic rings. The Balaban J connectivity index is 1.18. The number of methoxy groups -OCH3 is 1. The number of hydrogen-bond acceptors (Lipinski definition) is 4. The molecule has 0 unspecified atom stereocenters. The number of rotatable bonds is 8. The van der Waals surface area contributed by atoms with Gasteiger partial charge < -0.3 is 10.1 Å². The molecule has 4 aromatic carbocycles. The lowest BCUT2D eigenvalue weighted by atomic mass is 9.69. The largest absolute Gasteiger partial charge is 0.497 e. The van der Waals surface area contributed by atoms with Gasteiger partial charge in [-0.2, -0.15) is 5.26 Å². The zero-order valence-corrected chi connectivity index (χ0v) is 24.6. The van der Waals surface area contributed by atoms with Crippen molar-refractivity contribution in [3.63, 3.8) is 0 Å². The van der Waals surface area contributed by atoms with Gasteiger partial charge in [-0.25, -0.2) is 0 Å². The van der Waals surface area contributed by atoms with E-state index in [1.54, 1.807) is 7.11 Å². The molecule has 1 saturated heterocycles. The Morgan fingerprint density at radius 3 is 1.69 bits per heavy atom. The molecule has 1 aliphatic carbocycles. The second kappa shape index (κ2) is 12.5. The van der Waals surface area contributed by atoms with Crippen LogP contribution in [0.4, 0.5) is 0 Å². The summed E-state index contributed by atoms with van der Waals surface area (Å²) >= 11 is 0. The SMILES string of the molecule is COc1cccc([C@]2(C#N)CC[C@@H](NC3CCN(C(c4ccccc4)(c4ccccc4)c4ccccc4)CC3)CC2)c1. The molecule has 4 nitrogen and oxygen atoms in total. The van der Waals surface area contributed by atoms with Gasteiger partial charge in [0.2, 0.25) is 0 Å². The van der Waals surface area contributed by atoms with E-state index >= 15 is 0 Å². The van der Waals surface area contributed by atoms with Crippen LogP contribution in [0.15, 0.2) is 115 Å². The van der Waals surface area contributed by atoms with Crippen molar-refractivity contribution in [3.05, 3.63) is 138 Å². The van der Waals surface area contributed by atoms with Crippen LogP contribution in [0.5, 0.6) is 5.75 Å². The molecule has 6 rings (SSSR count). The first kappa shape index (κ1) is 28.2. The van der Waals surface area contributed by atoms with Crippen molar-refractivity contribution in [3.8, 4) is 11.8 Å². The van der Waals surface area contributed by atoms with Crippen molar-refractivity contribution < 1.29 is 4.74 Å². The summed E-state index contributed by atoms with van der Waals surface area (Å²) in [6.45, 7) is 2.02. The van der Waals surface area contributed by atoms with E-state index in [4.69, 9.17) is 4.74 Å². The van der Waals surface area contributed by atoms with Crippen LogP contribution < -0.4 is 10.1 Å².